The molecule has 1 aromatic rings. The maximum atomic E-state index is 11.0. The molecule has 1 aliphatic rings. The van der Waals surface area contributed by atoms with Gasteiger partial charge in [0.25, 0.3) is 5.69 Å². The Balaban J connectivity index is 2.28. The number of rotatable bonds is 2. The lowest BCUT2D eigenvalue weighted by Gasteiger charge is -2.31. The SMILES string of the molecule is CC1CCN(c2ccc(Br)cc2[N+](=O)[O-])CC1. The lowest BCUT2D eigenvalue weighted by Crippen LogP contribution is -2.33. The molecule has 5 heteroatoms. The summed E-state index contributed by atoms with van der Waals surface area (Å²) >= 11 is 3.28. The van der Waals surface area contributed by atoms with E-state index in [4.69, 9.17) is 0 Å². The number of nitrogens with zero attached hydrogens (tertiary/aromatic N) is 2. The molecule has 92 valence electrons. The Morgan fingerprint density at radius 2 is 2.06 bits per heavy atom. The van der Waals surface area contributed by atoms with Crippen molar-refractivity contribution in [2.45, 2.75) is 19.8 Å². The second-order valence-electron chi connectivity index (χ2n) is 4.56. The third-order valence-corrected chi connectivity index (χ3v) is 3.75. The topological polar surface area (TPSA) is 46.4 Å². The molecule has 17 heavy (non-hydrogen) atoms. The predicted octanol–water partition coefficient (Wildman–Crippen LogP) is 3.59. The smallest absolute Gasteiger partial charge is 0.293 e. The van der Waals surface area contributed by atoms with Crippen LogP contribution in [-0.2, 0) is 0 Å². The van der Waals surface area contributed by atoms with Crippen molar-refractivity contribution in [2.24, 2.45) is 5.92 Å². The number of hydrogen-bond donors (Lipinski definition) is 0. The lowest BCUT2D eigenvalue weighted by atomic mass is 9.98. The highest BCUT2D eigenvalue weighted by atomic mass is 79.9. The molecule has 1 heterocycles. The average Bonchev–Trinajstić information content (AvgIpc) is 2.30. The van der Waals surface area contributed by atoms with Crippen molar-refractivity contribution >= 4 is 27.3 Å². The van der Waals surface area contributed by atoms with Gasteiger partial charge in [0.05, 0.1) is 4.92 Å². The zero-order chi connectivity index (χ0) is 12.4. The highest BCUT2D eigenvalue weighted by Crippen LogP contribution is 2.33. The molecule has 1 aliphatic heterocycles. The molecule has 0 radical (unpaired) electrons. The summed E-state index contributed by atoms with van der Waals surface area (Å²) in [7, 11) is 0. The molecule has 4 nitrogen and oxygen atoms in total. The van der Waals surface area contributed by atoms with Gasteiger partial charge in [-0.05, 0) is 30.9 Å². The third kappa shape index (κ3) is 2.77. The Bertz CT molecular complexity index is 429. The van der Waals surface area contributed by atoms with E-state index >= 15 is 0 Å². The van der Waals surface area contributed by atoms with Gasteiger partial charge in [0.1, 0.15) is 5.69 Å². The summed E-state index contributed by atoms with van der Waals surface area (Å²) in [6, 6.07) is 5.27. The summed E-state index contributed by atoms with van der Waals surface area (Å²) in [6.45, 7) is 4.04. The highest BCUT2D eigenvalue weighted by molar-refractivity contribution is 9.10. The molecule has 0 unspecified atom stereocenters. The molecule has 1 saturated heterocycles. The van der Waals surface area contributed by atoms with E-state index in [9.17, 15) is 10.1 Å². The van der Waals surface area contributed by atoms with Crippen LogP contribution in [0.25, 0.3) is 0 Å². The quantitative estimate of drug-likeness (QED) is 0.619. The zero-order valence-electron chi connectivity index (χ0n) is 9.73. The van der Waals surface area contributed by atoms with Crippen LogP contribution in [0.15, 0.2) is 22.7 Å². The summed E-state index contributed by atoms with van der Waals surface area (Å²) in [5.41, 5.74) is 0.930. The van der Waals surface area contributed by atoms with Gasteiger partial charge in [-0.1, -0.05) is 22.9 Å². The van der Waals surface area contributed by atoms with Gasteiger partial charge in [0.15, 0.2) is 0 Å². The predicted molar refractivity (Wildman–Crippen MR) is 71.4 cm³/mol. The molecule has 0 saturated carbocycles. The number of halogens is 1. The monoisotopic (exact) mass is 298 g/mol. The number of benzene rings is 1. The molecule has 0 aliphatic carbocycles. The van der Waals surface area contributed by atoms with E-state index < -0.39 is 0 Å². The minimum absolute atomic E-state index is 0.189. The number of piperidine rings is 1. The average molecular weight is 299 g/mol. The normalized spacial score (nSPS) is 17.2. The van der Waals surface area contributed by atoms with Crippen LogP contribution in [0, 0.1) is 16.0 Å². The minimum Gasteiger partial charge on any atom is -0.366 e. The van der Waals surface area contributed by atoms with Crippen molar-refractivity contribution < 1.29 is 4.92 Å². The van der Waals surface area contributed by atoms with Crippen molar-refractivity contribution in [3.05, 3.63) is 32.8 Å². The first-order chi connectivity index (χ1) is 8.08. The van der Waals surface area contributed by atoms with Crippen molar-refractivity contribution in [3.63, 3.8) is 0 Å². The van der Waals surface area contributed by atoms with E-state index in [0.717, 1.165) is 42.0 Å². The summed E-state index contributed by atoms with van der Waals surface area (Å²) in [4.78, 5) is 12.8. The first-order valence-corrected chi connectivity index (χ1v) is 6.56. The molecule has 1 aromatic carbocycles. The Labute approximate surface area is 109 Å². The van der Waals surface area contributed by atoms with Crippen LogP contribution in [-0.4, -0.2) is 18.0 Å². The van der Waals surface area contributed by atoms with Crippen LogP contribution in [0.4, 0.5) is 11.4 Å². The number of nitro groups is 1. The summed E-state index contributed by atoms with van der Waals surface area (Å²) in [6.07, 6.45) is 2.21. The van der Waals surface area contributed by atoms with Gasteiger partial charge in [-0.25, -0.2) is 0 Å². The summed E-state index contributed by atoms with van der Waals surface area (Å²) in [5.74, 6) is 0.723. The Morgan fingerprint density at radius 3 is 2.65 bits per heavy atom. The van der Waals surface area contributed by atoms with Crippen LogP contribution in [0.2, 0.25) is 0 Å². The molecule has 0 amide bonds. The van der Waals surface area contributed by atoms with Crippen LogP contribution in [0.1, 0.15) is 19.8 Å². The van der Waals surface area contributed by atoms with E-state index in [1.165, 1.54) is 0 Å². The van der Waals surface area contributed by atoms with Crippen LogP contribution in [0.5, 0.6) is 0 Å². The van der Waals surface area contributed by atoms with Crippen molar-refractivity contribution in [3.8, 4) is 0 Å². The standard InChI is InChI=1S/C12H15BrN2O2/c1-9-4-6-14(7-5-9)11-3-2-10(13)8-12(11)15(16)17/h2-3,8-9H,4-7H2,1H3. The zero-order valence-corrected chi connectivity index (χ0v) is 11.3. The van der Waals surface area contributed by atoms with Gasteiger partial charge in [0, 0.05) is 23.6 Å². The molecular weight excluding hydrogens is 284 g/mol. The summed E-state index contributed by atoms with van der Waals surface area (Å²) in [5, 5.41) is 11.0. The maximum absolute atomic E-state index is 11.0. The molecule has 0 atom stereocenters. The Morgan fingerprint density at radius 1 is 1.41 bits per heavy atom. The largest absolute Gasteiger partial charge is 0.366 e. The molecule has 0 spiro atoms. The van der Waals surface area contributed by atoms with Crippen LogP contribution < -0.4 is 4.90 Å². The van der Waals surface area contributed by atoms with E-state index in [2.05, 4.69) is 27.8 Å². The fraction of sp³-hybridized carbons (Fsp3) is 0.500. The fourth-order valence-electron chi connectivity index (χ4n) is 2.16. The first-order valence-electron chi connectivity index (χ1n) is 5.77. The van der Waals surface area contributed by atoms with Gasteiger partial charge >= 0.3 is 0 Å². The van der Waals surface area contributed by atoms with E-state index in [1.54, 1.807) is 6.07 Å². The summed E-state index contributed by atoms with van der Waals surface area (Å²) < 4.78 is 0.748. The third-order valence-electron chi connectivity index (χ3n) is 3.26. The Hall–Kier alpha value is -1.10. The second-order valence-corrected chi connectivity index (χ2v) is 5.48. The van der Waals surface area contributed by atoms with E-state index in [0.29, 0.717) is 0 Å². The van der Waals surface area contributed by atoms with Gasteiger partial charge in [0.2, 0.25) is 0 Å². The van der Waals surface area contributed by atoms with Crippen molar-refractivity contribution in [1.29, 1.82) is 0 Å². The maximum Gasteiger partial charge on any atom is 0.293 e. The van der Waals surface area contributed by atoms with E-state index in [-0.39, 0.29) is 10.6 Å². The fourth-order valence-corrected chi connectivity index (χ4v) is 2.51. The molecule has 0 N–H and O–H groups in total. The van der Waals surface area contributed by atoms with Gasteiger partial charge in [-0.2, -0.15) is 0 Å². The second kappa shape index (κ2) is 5.04. The first kappa shape index (κ1) is 12.4. The van der Waals surface area contributed by atoms with Crippen LogP contribution in [0.3, 0.4) is 0 Å². The molecule has 0 aromatic heterocycles. The number of anilines is 1. The molecule has 1 fully saturated rings. The highest BCUT2D eigenvalue weighted by Gasteiger charge is 2.23. The van der Waals surface area contributed by atoms with Crippen molar-refractivity contribution in [2.75, 3.05) is 18.0 Å². The lowest BCUT2D eigenvalue weighted by molar-refractivity contribution is -0.384. The Kier molecular flexibility index (Phi) is 3.66. The number of hydrogen-bond acceptors (Lipinski definition) is 3. The van der Waals surface area contributed by atoms with Gasteiger partial charge < -0.3 is 4.90 Å². The van der Waals surface area contributed by atoms with Crippen LogP contribution >= 0.6 is 15.9 Å². The molecule has 0 bridgehead atoms. The number of nitro benzene ring substituents is 1. The molecular formula is C12H15BrN2O2. The minimum atomic E-state index is -0.307. The molecule has 2 rings (SSSR count). The van der Waals surface area contributed by atoms with Gasteiger partial charge in [-0.15, -0.1) is 0 Å². The van der Waals surface area contributed by atoms with Gasteiger partial charge in [-0.3, -0.25) is 10.1 Å². The van der Waals surface area contributed by atoms with Crippen molar-refractivity contribution in [1.82, 2.24) is 0 Å². The van der Waals surface area contributed by atoms with E-state index in [1.807, 2.05) is 12.1 Å².